The molecule has 0 spiro atoms. The number of amidine groups is 1. The molecule has 50 heavy (non-hydrogen) atoms. The van der Waals surface area contributed by atoms with Crippen LogP contribution < -0.4 is 10.1 Å². The minimum Gasteiger partial charge on any atom is -0.496 e. The first kappa shape index (κ1) is 36.7. The van der Waals surface area contributed by atoms with Gasteiger partial charge in [0.25, 0.3) is 0 Å². The second kappa shape index (κ2) is 15.9. The molecule has 0 radical (unpaired) electrons. The van der Waals surface area contributed by atoms with Gasteiger partial charge < -0.3 is 24.4 Å². The first-order chi connectivity index (χ1) is 24.0. The summed E-state index contributed by atoms with van der Waals surface area (Å²) in [6.45, 7) is 8.62. The first-order valence-corrected chi connectivity index (χ1v) is 16.8. The SMILES string of the molecule is COCC1=C(C(=O)OC)C(c2ccc(F)c(F)c2)N(C(=O)NCCCN2CCC(c3ccc(C)cc3)(c3cc(C)ccc3OC)CC2)C(C)=N1. The molecule has 1 fully saturated rings. The van der Waals surface area contributed by atoms with Crippen LogP contribution in [0.2, 0.25) is 0 Å². The van der Waals surface area contributed by atoms with Gasteiger partial charge in [-0.1, -0.05) is 53.6 Å². The summed E-state index contributed by atoms with van der Waals surface area (Å²) < 4.78 is 44.6. The molecule has 1 saturated heterocycles. The van der Waals surface area contributed by atoms with E-state index in [0.717, 1.165) is 50.4 Å². The number of halogens is 2. The lowest BCUT2D eigenvalue weighted by molar-refractivity contribution is -0.136. The highest BCUT2D eigenvalue weighted by molar-refractivity contribution is 6.02. The molecule has 1 N–H and O–H groups in total. The summed E-state index contributed by atoms with van der Waals surface area (Å²) in [6.07, 6.45) is 2.49. The fourth-order valence-electron chi connectivity index (χ4n) is 7.16. The number of ether oxygens (including phenoxy) is 3. The number of likely N-dealkylation sites (tertiary alicyclic amines) is 1. The van der Waals surface area contributed by atoms with Gasteiger partial charge in [0.05, 0.1) is 38.1 Å². The third-order valence-corrected chi connectivity index (χ3v) is 9.76. The lowest BCUT2D eigenvalue weighted by Crippen LogP contribution is -2.49. The Kier molecular flexibility index (Phi) is 11.7. The van der Waals surface area contributed by atoms with Crippen molar-refractivity contribution in [1.82, 2.24) is 15.1 Å². The maximum absolute atomic E-state index is 14.5. The topological polar surface area (TPSA) is 92.7 Å². The van der Waals surface area contributed by atoms with E-state index in [4.69, 9.17) is 14.2 Å². The smallest absolute Gasteiger partial charge is 0.338 e. The number of amides is 2. The van der Waals surface area contributed by atoms with Crippen molar-refractivity contribution < 1.29 is 32.6 Å². The van der Waals surface area contributed by atoms with Crippen molar-refractivity contribution in [2.24, 2.45) is 4.99 Å². The summed E-state index contributed by atoms with van der Waals surface area (Å²) >= 11 is 0. The van der Waals surface area contributed by atoms with Gasteiger partial charge in [-0.05, 0) is 89.0 Å². The lowest BCUT2D eigenvalue weighted by Gasteiger charge is -2.43. The standard InChI is InChI=1S/C39H46F2N4O5/c1-25-8-12-29(13-9-25)39(30-22-26(2)10-15-34(30)49-5)16-20-44(21-17-39)19-7-18-42-38(47)45-27(3)43-33(24-48-4)35(37(46)50-6)36(45)28-11-14-31(40)32(41)23-28/h8-15,22-23,36H,7,16-21,24H2,1-6H3,(H,42,47). The molecule has 9 nitrogen and oxygen atoms in total. The largest absolute Gasteiger partial charge is 0.496 e. The Morgan fingerprint density at radius 2 is 1.62 bits per heavy atom. The minimum absolute atomic E-state index is 0.0109. The molecule has 0 bridgehead atoms. The highest BCUT2D eigenvalue weighted by Crippen LogP contribution is 2.46. The molecular formula is C39H46F2N4O5. The number of hydrogen-bond donors (Lipinski definition) is 1. The average molecular weight is 689 g/mol. The molecule has 3 aromatic rings. The summed E-state index contributed by atoms with van der Waals surface area (Å²) in [5, 5.41) is 2.96. The molecule has 2 aliphatic heterocycles. The van der Waals surface area contributed by atoms with Gasteiger partial charge in [0, 0.05) is 24.6 Å². The number of aryl methyl sites for hydroxylation is 2. The fourth-order valence-corrected chi connectivity index (χ4v) is 7.16. The molecule has 5 rings (SSSR count). The molecule has 2 amide bonds. The highest BCUT2D eigenvalue weighted by Gasteiger charge is 2.41. The average Bonchev–Trinajstić information content (AvgIpc) is 3.11. The van der Waals surface area contributed by atoms with Crippen LogP contribution in [0.3, 0.4) is 0 Å². The molecule has 2 heterocycles. The minimum atomic E-state index is -1.11. The van der Waals surface area contributed by atoms with Crippen molar-refractivity contribution in [1.29, 1.82) is 0 Å². The zero-order chi connectivity index (χ0) is 36.0. The molecule has 1 unspecified atom stereocenters. The molecule has 0 aliphatic carbocycles. The fraction of sp³-hybridized carbons (Fsp3) is 0.410. The molecule has 0 saturated carbocycles. The van der Waals surface area contributed by atoms with E-state index >= 15 is 0 Å². The van der Waals surface area contributed by atoms with Gasteiger partial charge in [0.2, 0.25) is 0 Å². The van der Waals surface area contributed by atoms with Crippen LogP contribution in [0.4, 0.5) is 13.6 Å². The van der Waals surface area contributed by atoms with Crippen molar-refractivity contribution in [3.05, 3.63) is 111 Å². The van der Waals surface area contributed by atoms with Gasteiger partial charge in [-0.3, -0.25) is 4.90 Å². The van der Waals surface area contributed by atoms with E-state index in [1.54, 1.807) is 14.0 Å². The van der Waals surface area contributed by atoms with Gasteiger partial charge in [-0.25, -0.2) is 23.4 Å². The second-order valence-corrected chi connectivity index (χ2v) is 13.0. The van der Waals surface area contributed by atoms with Crippen LogP contribution in [-0.2, 0) is 19.7 Å². The Balaban J connectivity index is 1.29. The van der Waals surface area contributed by atoms with Crippen molar-refractivity contribution in [2.45, 2.75) is 51.5 Å². The summed E-state index contributed by atoms with van der Waals surface area (Å²) in [4.78, 5) is 35.0. The first-order valence-electron chi connectivity index (χ1n) is 16.8. The second-order valence-electron chi connectivity index (χ2n) is 13.0. The predicted octanol–water partition coefficient (Wildman–Crippen LogP) is 6.62. The van der Waals surface area contributed by atoms with Crippen LogP contribution in [0.25, 0.3) is 0 Å². The van der Waals surface area contributed by atoms with Crippen molar-refractivity contribution in [2.75, 3.05) is 54.1 Å². The van der Waals surface area contributed by atoms with Crippen LogP contribution in [0.1, 0.15) is 60.0 Å². The zero-order valence-corrected chi connectivity index (χ0v) is 29.6. The number of urea groups is 1. The molecule has 11 heteroatoms. The number of hydrogen-bond acceptors (Lipinski definition) is 7. The third-order valence-electron chi connectivity index (χ3n) is 9.76. The Morgan fingerprint density at radius 1 is 0.920 bits per heavy atom. The summed E-state index contributed by atoms with van der Waals surface area (Å²) in [6, 6.07) is 16.8. The predicted molar refractivity (Wildman–Crippen MR) is 188 cm³/mol. The van der Waals surface area contributed by atoms with Gasteiger partial charge >= 0.3 is 12.0 Å². The maximum atomic E-state index is 14.5. The number of rotatable bonds is 11. The summed E-state index contributed by atoms with van der Waals surface area (Å²) in [5.41, 5.74) is 5.15. The van der Waals surface area contributed by atoms with Gasteiger partial charge in [-0.15, -0.1) is 0 Å². The van der Waals surface area contributed by atoms with E-state index in [2.05, 4.69) is 71.5 Å². The Morgan fingerprint density at radius 3 is 2.26 bits per heavy atom. The maximum Gasteiger partial charge on any atom is 0.338 e. The number of benzene rings is 3. The zero-order valence-electron chi connectivity index (χ0n) is 29.6. The van der Waals surface area contributed by atoms with Crippen molar-refractivity contribution in [3.63, 3.8) is 0 Å². The Labute approximate surface area is 292 Å². The third kappa shape index (κ3) is 7.58. The van der Waals surface area contributed by atoms with E-state index in [9.17, 15) is 18.4 Å². The Bertz CT molecular complexity index is 1770. The van der Waals surface area contributed by atoms with Crippen LogP contribution in [0.5, 0.6) is 5.75 Å². The number of piperidine rings is 1. The number of nitrogens with one attached hydrogen (secondary N) is 1. The van der Waals surface area contributed by atoms with Crippen LogP contribution in [0.15, 0.2) is 76.9 Å². The highest BCUT2D eigenvalue weighted by atomic mass is 19.2. The number of esters is 1. The van der Waals surface area contributed by atoms with E-state index < -0.39 is 29.7 Å². The lowest BCUT2D eigenvalue weighted by atomic mass is 9.67. The van der Waals surface area contributed by atoms with E-state index in [1.165, 1.54) is 47.4 Å². The number of carbonyl (C=O) groups is 2. The van der Waals surface area contributed by atoms with E-state index in [0.29, 0.717) is 13.0 Å². The number of nitrogens with zero attached hydrogens (tertiary/aromatic N) is 3. The molecule has 2 aliphatic rings. The van der Waals surface area contributed by atoms with Gasteiger partial charge in [0.1, 0.15) is 11.6 Å². The monoisotopic (exact) mass is 688 g/mol. The number of aliphatic imine (C=N–C) groups is 1. The van der Waals surface area contributed by atoms with Crippen LogP contribution in [-0.4, -0.2) is 81.8 Å². The number of methoxy groups -OCH3 is 3. The van der Waals surface area contributed by atoms with Crippen LogP contribution in [0, 0.1) is 25.5 Å². The van der Waals surface area contributed by atoms with Gasteiger partial charge in [0.15, 0.2) is 11.6 Å². The van der Waals surface area contributed by atoms with E-state index in [-0.39, 0.29) is 34.7 Å². The van der Waals surface area contributed by atoms with Crippen molar-refractivity contribution in [3.8, 4) is 5.75 Å². The van der Waals surface area contributed by atoms with Gasteiger partial charge in [-0.2, -0.15) is 0 Å². The molecular weight excluding hydrogens is 642 g/mol. The van der Waals surface area contributed by atoms with Crippen LogP contribution >= 0.6 is 0 Å². The quantitative estimate of drug-likeness (QED) is 0.180. The molecule has 266 valence electrons. The van der Waals surface area contributed by atoms with Crippen molar-refractivity contribution >= 4 is 17.8 Å². The Hall–Kier alpha value is -4.61. The normalized spacial score (nSPS) is 17.7. The number of carbonyl (C=O) groups excluding carboxylic acids is 2. The summed E-state index contributed by atoms with van der Waals surface area (Å²) in [5.74, 6) is -1.74. The molecule has 0 aromatic heterocycles. The molecule has 3 aromatic carbocycles. The summed E-state index contributed by atoms with van der Waals surface area (Å²) in [7, 11) is 4.38. The molecule has 1 atom stereocenters. The van der Waals surface area contributed by atoms with E-state index in [1.807, 2.05) is 0 Å².